The number of rotatable bonds is 9. The molecule has 32 heavy (non-hydrogen) atoms. The highest BCUT2D eigenvalue weighted by atomic mass is 32.2. The number of benzene rings is 1. The van der Waals surface area contributed by atoms with Gasteiger partial charge in [0.25, 0.3) is 0 Å². The van der Waals surface area contributed by atoms with Crippen molar-refractivity contribution in [1.29, 1.82) is 0 Å². The molecule has 2 atom stereocenters. The van der Waals surface area contributed by atoms with Crippen LogP contribution < -0.4 is 5.32 Å². The Hall–Kier alpha value is -2.30. The van der Waals surface area contributed by atoms with Crippen LogP contribution in [0.25, 0.3) is 0 Å². The van der Waals surface area contributed by atoms with Gasteiger partial charge in [-0.3, -0.25) is 9.59 Å². The summed E-state index contributed by atoms with van der Waals surface area (Å²) in [6, 6.07) is 8.84. The predicted octanol–water partition coefficient (Wildman–Crippen LogP) is 1.21. The van der Waals surface area contributed by atoms with E-state index in [4.69, 9.17) is 4.74 Å². The van der Waals surface area contributed by atoms with E-state index >= 15 is 0 Å². The van der Waals surface area contributed by atoms with Crippen molar-refractivity contribution in [2.75, 3.05) is 52.4 Å². The number of piperazine rings is 1. The molecule has 2 aliphatic heterocycles. The highest BCUT2D eigenvalue weighted by molar-refractivity contribution is 7.98. The summed E-state index contributed by atoms with van der Waals surface area (Å²) < 4.78 is 5.15. The molecule has 2 fully saturated rings. The molecular weight excluding hydrogens is 430 g/mol. The number of ether oxygens (including phenoxy) is 1. The van der Waals surface area contributed by atoms with Crippen molar-refractivity contribution in [2.24, 2.45) is 0 Å². The topological polar surface area (TPSA) is 85.4 Å². The van der Waals surface area contributed by atoms with Crippen molar-refractivity contribution in [1.82, 2.24) is 25.1 Å². The van der Waals surface area contributed by atoms with Crippen LogP contribution in [-0.2, 0) is 20.9 Å². The van der Waals surface area contributed by atoms with Gasteiger partial charge in [0, 0.05) is 33.9 Å². The van der Waals surface area contributed by atoms with Gasteiger partial charge in [0.05, 0.1) is 13.1 Å². The minimum Gasteiger partial charge on any atom is -0.385 e. The van der Waals surface area contributed by atoms with Crippen molar-refractivity contribution < 1.29 is 19.1 Å². The summed E-state index contributed by atoms with van der Waals surface area (Å²) in [5.74, 6) is 0.587. The molecule has 0 aliphatic carbocycles. The van der Waals surface area contributed by atoms with Crippen LogP contribution in [-0.4, -0.2) is 102 Å². The number of methoxy groups -OCH3 is 1. The van der Waals surface area contributed by atoms with E-state index in [-0.39, 0.29) is 30.9 Å². The first-order valence-electron chi connectivity index (χ1n) is 10.9. The van der Waals surface area contributed by atoms with Gasteiger partial charge in [-0.05, 0) is 30.4 Å². The predicted molar refractivity (Wildman–Crippen MR) is 124 cm³/mol. The summed E-state index contributed by atoms with van der Waals surface area (Å²) in [4.78, 5) is 42.9. The maximum Gasteiger partial charge on any atom is 0.334 e. The number of hydrazine groups is 1. The minimum atomic E-state index is -0.561. The second-order valence-corrected chi connectivity index (χ2v) is 9.00. The Kier molecular flexibility index (Phi) is 8.77. The number of likely N-dealkylation sites (N-methyl/N-ethyl adjacent to an activating group) is 1. The molecular formula is C22H33N5O4S. The number of carbonyl (C=O) groups is 3. The fourth-order valence-electron chi connectivity index (χ4n) is 4.27. The van der Waals surface area contributed by atoms with Crippen molar-refractivity contribution in [3.05, 3.63) is 35.9 Å². The van der Waals surface area contributed by atoms with Crippen LogP contribution in [0.15, 0.2) is 30.3 Å². The number of nitrogens with one attached hydrogen (secondary N) is 1. The zero-order chi connectivity index (χ0) is 23.1. The quantitative estimate of drug-likeness (QED) is 0.554. The monoisotopic (exact) mass is 463 g/mol. The molecule has 0 radical (unpaired) electrons. The van der Waals surface area contributed by atoms with Gasteiger partial charge in [-0.15, -0.1) is 0 Å². The maximum atomic E-state index is 13.2. The number of carbonyl (C=O) groups excluding carboxylic acids is 3. The second kappa shape index (κ2) is 11.5. The first-order chi connectivity index (χ1) is 15.5. The Balaban J connectivity index is 1.81. The third-order valence-corrected chi connectivity index (χ3v) is 6.45. The van der Waals surface area contributed by atoms with Gasteiger partial charge < -0.3 is 19.9 Å². The Morgan fingerprint density at radius 2 is 2.00 bits per heavy atom. The Bertz CT molecular complexity index is 796. The van der Waals surface area contributed by atoms with Crippen molar-refractivity contribution in [3.8, 4) is 0 Å². The average molecular weight is 464 g/mol. The molecule has 1 aromatic rings. The molecule has 0 saturated carbocycles. The number of nitrogens with zero attached hydrogens (tertiary/aromatic N) is 4. The number of urea groups is 1. The maximum absolute atomic E-state index is 13.2. The van der Waals surface area contributed by atoms with Crippen LogP contribution in [0.2, 0.25) is 0 Å². The Morgan fingerprint density at radius 1 is 1.25 bits per heavy atom. The lowest BCUT2D eigenvalue weighted by atomic mass is 10.0. The molecule has 9 nitrogen and oxygen atoms in total. The smallest absolute Gasteiger partial charge is 0.334 e. The molecule has 0 spiro atoms. The molecule has 2 heterocycles. The zero-order valence-electron chi connectivity index (χ0n) is 19.0. The van der Waals surface area contributed by atoms with Gasteiger partial charge >= 0.3 is 6.03 Å². The summed E-state index contributed by atoms with van der Waals surface area (Å²) in [5.41, 5.74) is 0.992. The minimum absolute atomic E-state index is 0.0473. The van der Waals surface area contributed by atoms with Gasteiger partial charge in [0.1, 0.15) is 12.2 Å². The molecule has 176 valence electrons. The molecule has 0 bridgehead atoms. The van der Waals surface area contributed by atoms with E-state index in [0.29, 0.717) is 32.5 Å². The van der Waals surface area contributed by atoms with Crippen LogP contribution in [0.3, 0.4) is 0 Å². The van der Waals surface area contributed by atoms with Gasteiger partial charge in [-0.25, -0.2) is 14.8 Å². The summed E-state index contributed by atoms with van der Waals surface area (Å²) in [6.45, 7) is 1.81. The van der Waals surface area contributed by atoms with E-state index in [2.05, 4.69) is 5.32 Å². The molecule has 2 saturated heterocycles. The highest BCUT2D eigenvalue weighted by Crippen LogP contribution is 2.28. The fraction of sp³-hybridized carbons (Fsp3) is 0.591. The largest absolute Gasteiger partial charge is 0.385 e. The van der Waals surface area contributed by atoms with Gasteiger partial charge in [-0.1, -0.05) is 30.3 Å². The highest BCUT2D eigenvalue weighted by Gasteiger charge is 2.50. The fourth-order valence-corrected chi connectivity index (χ4v) is 4.73. The van der Waals surface area contributed by atoms with E-state index < -0.39 is 12.2 Å². The van der Waals surface area contributed by atoms with Crippen LogP contribution in [0.4, 0.5) is 4.79 Å². The molecule has 2 aliphatic rings. The van der Waals surface area contributed by atoms with Crippen LogP contribution in [0, 0.1) is 0 Å². The first-order valence-corrected chi connectivity index (χ1v) is 12.3. The van der Waals surface area contributed by atoms with E-state index in [1.54, 1.807) is 45.7 Å². The molecule has 1 N–H and O–H groups in total. The molecule has 0 aromatic heterocycles. The van der Waals surface area contributed by atoms with Crippen molar-refractivity contribution in [3.63, 3.8) is 0 Å². The van der Waals surface area contributed by atoms with E-state index in [9.17, 15) is 14.4 Å². The third kappa shape index (κ3) is 5.54. The second-order valence-electron chi connectivity index (χ2n) is 8.01. The third-order valence-electron chi connectivity index (χ3n) is 5.81. The van der Waals surface area contributed by atoms with E-state index in [1.807, 2.05) is 36.6 Å². The van der Waals surface area contributed by atoms with Crippen LogP contribution >= 0.6 is 11.8 Å². The molecule has 0 unspecified atom stereocenters. The van der Waals surface area contributed by atoms with Crippen molar-refractivity contribution in [2.45, 2.75) is 31.6 Å². The van der Waals surface area contributed by atoms with Gasteiger partial charge in [0.2, 0.25) is 11.8 Å². The Morgan fingerprint density at radius 3 is 2.69 bits per heavy atom. The number of hydrogen-bond acceptors (Lipinski definition) is 6. The zero-order valence-corrected chi connectivity index (χ0v) is 19.8. The number of fused-ring (bicyclic) bond motifs is 1. The van der Waals surface area contributed by atoms with Gasteiger partial charge in [0.15, 0.2) is 0 Å². The van der Waals surface area contributed by atoms with Crippen LogP contribution in [0.1, 0.15) is 18.4 Å². The lowest BCUT2D eigenvalue weighted by molar-refractivity contribution is -0.187. The Labute approximate surface area is 194 Å². The van der Waals surface area contributed by atoms with Crippen LogP contribution in [0.5, 0.6) is 0 Å². The normalized spacial score (nSPS) is 21.7. The molecule has 10 heteroatoms. The summed E-state index contributed by atoms with van der Waals surface area (Å²) in [6.07, 6.45) is 2.71. The number of thioether (sulfide) groups is 1. The SMILES string of the molecule is COCCCN1C[C@H]2N(C(=O)CN(C)N2C(=O)NCc2ccccc2)[C@@H](CCSC)C1=O. The lowest BCUT2D eigenvalue weighted by Crippen LogP contribution is -2.76. The van der Waals surface area contributed by atoms with E-state index in [0.717, 1.165) is 11.3 Å². The number of amides is 4. The summed E-state index contributed by atoms with van der Waals surface area (Å²) in [7, 11) is 3.37. The molecule has 4 amide bonds. The summed E-state index contributed by atoms with van der Waals surface area (Å²) >= 11 is 1.64. The number of hydrogen-bond donors (Lipinski definition) is 1. The van der Waals surface area contributed by atoms with Crippen molar-refractivity contribution >= 4 is 29.6 Å². The standard InChI is InChI=1S/C22H33N5O4S/c1-24-16-20(28)26-18(10-13-32-3)21(29)25(11-7-12-31-2)15-19(26)27(24)22(30)23-14-17-8-5-4-6-9-17/h4-6,8-9,18-19H,7,10-16H2,1-3H3,(H,23,30)/t18-,19-/m0/s1. The van der Waals surface area contributed by atoms with Gasteiger partial charge in [-0.2, -0.15) is 11.8 Å². The molecule has 3 rings (SSSR count). The lowest BCUT2D eigenvalue weighted by Gasteiger charge is -2.54. The summed E-state index contributed by atoms with van der Waals surface area (Å²) in [5, 5.41) is 6.20. The molecule has 1 aromatic carbocycles. The van der Waals surface area contributed by atoms with E-state index in [1.165, 1.54) is 0 Å². The average Bonchev–Trinajstić information content (AvgIpc) is 2.78. The first kappa shape index (κ1) is 24.3.